The predicted octanol–water partition coefficient (Wildman–Crippen LogP) is 2.65. The van der Waals surface area contributed by atoms with Gasteiger partial charge in [-0.25, -0.2) is 4.79 Å². The SMILES string of the molecule is CCCCCN(C(=O)CCC(=O)OCC(=O)c1ccccc1)c1c(N)n(CCCC)c(=O)[nH]c1=O. The van der Waals surface area contributed by atoms with Crippen LogP contribution in [0.25, 0.3) is 0 Å². The first-order chi connectivity index (χ1) is 16.8. The summed E-state index contributed by atoms with van der Waals surface area (Å²) in [5.74, 6) is -1.62. The first kappa shape index (κ1) is 27.6. The number of H-pyrrole nitrogens is 1. The number of aromatic amines is 1. The van der Waals surface area contributed by atoms with Crippen LogP contribution in [0.1, 0.15) is 69.2 Å². The maximum Gasteiger partial charge on any atom is 0.330 e. The van der Waals surface area contributed by atoms with Crippen LogP contribution < -0.4 is 21.9 Å². The number of esters is 1. The van der Waals surface area contributed by atoms with Gasteiger partial charge in [-0.2, -0.15) is 0 Å². The van der Waals surface area contributed by atoms with E-state index in [1.165, 1.54) is 9.47 Å². The summed E-state index contributed by atoms with van der Waals surface area (Å²) in [5.41, 5.74) is 5.14. The summed E-state index contributed by atoms with van der Waals surface area (Å²) in [6, 6.07) is 8.43. The maximum absolute atomic E-state index is 13.1. The first-order valence-electron chi connectivity index (χ1n) is 12.0. The van der Waals surface area contributed by atoms with Crippen molar-refractivity contribution in [3.8, 4) is 0 Å². The molecule has 1 amide bonds. The molecule has 0 aliphatic heterocycles. The van der Waals surface area contributed by atoms with Crippen LogP contribution in [0.15, 0.2) is 39.9 Å². The number of carbonyl (C=O) groups is 3. The number of nitrogens with one attached hydrogen (secondary N) is 1. The number of aromatic nitrogens is 2. The number of ether oxygens (including phenoxy) is 1. The fraction of sp³-hybridized carbons (Fsp3) is 0.480. The second-order valence-corrected chi connectivity index (χ2v) is 8.20. The molecule has 10 nitrogen and oxygen atoms in total. The van der Waals surface area contributed by atoms with E-state index < -0.39 is 29.7 Å². The minimum atomic E-state index is -0.749. The molecule has 10 heteroatoms. The smallest absolute Gasteiger partial charge is 0.330 e. The van der Waals surface area contributed by atoms with Gasteiger partial charge in [0.15, 0.2) is 18.1 Å². The molecule has 1 aromatic heterocycles. The third-order valence-corrected chi connectivity index (χ3v) is 5.51. The van der Waals surface area contributed by atoms with Crippen molar-refractivity contribution in [1.29, 1.82) is 0 Å². The number of rotatable bonds is 14. The number of nitrogens with two attached hydrogens (primary N) is 1. The normalized spacial score (nSPS) is 10.7. The van der Waals surface area contributed by atoms with Gasteiger partial charge in [-0.05, 0) is 12.8 Å². The molecule has 0 spiro atoms. The average Bonchev–Trinajstić information content (AvgIpc) is 2.85. The summed E-state index contributed by atoms with van der Waals surface area (Å²) in [4.78, 5) is 65.7. The highest BCUT2D eigenvalue weighted by Gasteiger charge is 2.24. The van der Waals surface area contributed by atoms with Gasteiger partial charge < -0.3 is 15.4 Å². The van der Waals surface area contributed by atoms with Crippen molar-refractivity contribution in [3.63, 3.8) is 0 Å². The van der Waals surface area contributed by atoms with E-state index in [2.05, 4.69) is 4.98 Å². The number of amides is 1. The van der Waals surface area contributed by atoms with Crippen LogP contribution in [0.3, 0.4) is 0 Å². The van der Waals surface area contributed by atoms with Gasteiger partial charge in [-0.15, -0.1) is 0 Å². The standard InChI is InChI=1S/C25H34N4O6/c1-3-5-10-16-28(22-23(26)29(15-6-4-2)25(34)27-24(22)33)20(31)13-14-21(32)35-17-19(30)18-11-8-7-9-12-18/h7-9,11-12H,3-6,10,13-17,26H2,1-2H3,(H,27,33,34). The van der Waals surface area contributed by atoms with Crippen LogP contribution in [0.2, 0.25) is 0 Å². The van der Waals surface area contributed by atoms with E-state index in [1.54, 1.807) is 30.3 Å². The molecule has 2 rings (SSSR count). The van der Waals surface area contributed by atoms with Crippen LogP contribution in [0, 0.1) is 0 Å². The predicted molar refractivity (Wildman–Crippen MR) is 133 cm³/mol. The molecule has 0 aliphatic carbocycles. The molecule has 2 aromatic rings. The number of nitrogen functional groups attached to an aromatic ring is 1. The molecule has 0 saturated heterocycles. The van der Waals surface area contributed by atoms with E-state index in [0.29, 0.717) is 24.9 Å². The van der Waals surface area contributed by atoms with Gasteiger partial charge in [0.1, 0.15) is 5.82 Å². The molecule has 0 radical (unpaired) electrons. The Morgan fingerprint density at radius 3 is 2.34 bits per heavy atom. The van der Waals surface area contributed by atoms with E-state index >= 15 is 0 Å². The Kier molecular flexibility index (Phi) is 10.9. The molecule has 0 saturated carbocycles. The van der Waals surface area contributed by atoms with E-state index in [4.69, 9.17) is 10.5 Å². The number of hydrogen-bond acceptors (Lipinski definition) is 7. The maximum atomic E-state index is 13.1. The lowest BCUT2D eigenvalue weighted by Gasteiger charge is -2.24. The molecule has 35 heavy (non-hydrogen) atoms. The third kappa shape index (κ3) is 7.94. The van der Waals surface area contributed by atoms with Gasteiger partial charge in [0.25, 0.3) is 5.56 Å². The molecule has 1 heterocycles. The van der Waals surface area contributed by atoms with E-state index in [9.17, 15) is 24.0 Å². The Balaban J connectivity index is 2.12. The number of hydrogen-bond donors (Lipinski definition) is 2. The van der Waals surface area contributed by atoms with Crippen LogP contribution in [0.5, 0.6) is 0 Å². The molecule has 3 N–H and O–H groups in total. The fourth-order valence-corrected chi connectivity index (χ4v) is 3.53. The average molecular weight is 487 g/mol. The molecule has 0 atom stereocenters. The Bertz CT molecular complexity index is 1120. The first-order valence-corrected chi connectivity index (χ1v) is 12.0. The summed E-state index contributed by atoms with van der Waals surface area (Å²) in [6.07, 6.45) is 3.31. The van der Waals surface area contributed by atoms with Crippen LogP contribution in [-0.4, -0.2) is 40.4 Å². The number of nitrogens with zero attached hydrogens (tertiary/aromatic N) is 2. The zero-order valence-corrected chi connectivity index (χ0v) is 20.4. The van der Waals surface area contributed by atoms with Crippen LogP contribution >= 0.6 is 0 Å². The monoisotopic (exact) mass is 486 g/mol. The van der Waals surface area contributed by atoms with Crippen molar-refractivity contribution in [2.24, 2.45) is 0 Å². The molecular weight excluding hydrogens is 452 g/mol. The minimum absolute atomic E-state index is 0.0758. The Hall–Kier alpha value is -3.69. The molecule has 0 fully saturated rings. The highest BCUT2D eigenvalue weighted by Crippen LogP contribution is 2.20. The van der Waals surface area contributed by atoms with E-state index in [-0.39, 0.29) is 36.7 Å². The molecule has 0 aliphatic rings. The van der Waals surface area contributed by atoms with Crippen LogP contribution in [0.4, 0.5) is 11.5 Å². The molecule has 190 valence electrons. The summed E-state index contributed by atoms with van der Waals surface area (Å²) in [5, 5.41) is 0. The number of benzene rings is 1. The second-order valence-electron chi connectivity index (χ2n) is 8.20. The van der Waals surface area contributed by atoms with Gasteiger partial charge in [0.05, 0.1) is 6.42 Å². The van der Waals surface area contributed by atoms with Crippen molar-refractivity contribution < 1.29 is 19.1 Å². The van der Waals surface area contributed by atoms with Crippen LogP contribution in [-0.2, 0) is 20.9 Å². The van der Waals surface area contributed by atoms with E-state index in [1.807, 2.05) is 13.8 Å². The Labute approximate surface area is 204 Å². The van der Waals surface area contributed by atoms with Gasteiger partial charge >= 0.3 is 11.7 Å². The summed E-state index contributed by atoms with van der Waals surface area (Å²) < 4.78 is 6.28. The Morgan fingerprint density at radius 2 is 1.69 bits per heavy atom. The second kappa shape index (κ2) is 13.9. The molecule has 1 aromatic carbocycles. The number of carbonyl (C=O) groups excluding carboxylic acids is 3. The third-order valence-electron chi connectivity index (χ3n) is 5.51. The number of ketones is 1. The quantitative estimate of drug-likeness (QED) is 0.237. The zero-order valence-electron chi connectivity index (χ0n) is 20.4. The van der Waals surface area contributed by atoms with Crippen molar-refractivity contribution >= 4 is 29.2 Å². The minimum Gasteiger partial charge on any atom is -0.457 e. The van der Waals surface area contributed by atoms with Crippen molar-refractivity contribution in [3.05, 3.63) is 56.7 Å². The summed E-state index contributed by atoms with van der Waals surface area (Å²) in [6.45, 7) is 4.06. The molecule has 0 unspecified atom stereocenters. The van der Waals surface area contributed by atoms with Gasteiger partial charge in [0.2, 0.25) is 5.91 Å². The lowest BCUT2D eigenvalue weighted by atomic mass is 10.1. The van der Waals surface area contributed by atoms with Gasteiger partial charge in [-0.3, -0.25) is 28.7 Å². The summed E-state index contributed by atoms with van der Waals surface area (Å²) >= 11 is 0. The van der Waals surface area contributed by atoms with Gasteiger partial charge in [-0.1, -0.05) is 63.4 Å². The lowest BCUT2D eigenvalue weighted by Crippen LogP contribution is -2.41. The number of unbranched alkanes of at least 4 members (excludes halogenated alkanes) is 3. The topological polar surface area (TPSA) is 145 Å². The van der Waals surface area contributed by atoms with E-state index in [0.717, 1.165) is 19.3 Å². The van der Waals surface area contributed by atoms with Gasteiger partial charge in [0, 0.05) is 25.1 Å². The zero-order chi connectivity index (χ0) is 25.8. The van der Waals surface area contributed by atoms with Crippen molar-refractivity contribution in [2.75, 3.05) is 23.8 Å². The highest BCUT2D eigenvalue weighted by atomic mass is 16.5. The number of anilines is 2. The fourth-order valence-electron chi connectivity index (χ4n) is 3.53. The highest BCUT2D eigenvalue weighted by molar-refractivity contribution is 5.99. The Morgan fingerprint density at radius 1 is 1.00 bits per heavy atom. The van der Waals surface area contributed by atoms with Crippen molar-refractivity contribution in [2.45, 2.75) is 65.3 Å². The summed E-state index contributed by atoms with van der Waals surface area (Å²) in [7, 11) is 0. The van der Waals surface area contributed by atoms with Crippen molar-refractivity contribution in [1.82, 2.24) is 9.55 Å². The molecule has 0 bridgehead atoms. The largest absolute Gasteiger partial charge is 0.457 e. The molecular formula is C25H34N4O6. The lowest BCUT2D eigenvalue weighted by molar-refractivity contribution is -0.143. The number of Topliss-reactive ketones (excluding diaryl/α,β-unsaturated/α-hetero) is 1.